The topological polar surface area (TPSA) is 49.3 Å². The summed E-state index contributed by atoms with van der Waals surface area (Å²) in [5.41, 5.74) is 0. The molecule has 2 fully saturated rings. The highest BCUT2D eigenvalue weighted by Crippen LogP contribution is 2.31. The van der Waals surface area contributed by atoms with Crippen LogP contribution in [0.25, 0.3) is 0 Å². The van der Waals surface area contributed by atoms with Crippen LogP contribution in [-0.2, 0) is 4.79 Å². The Morgan fingerprint density at radius 2 is 1.93 bits per heavy atom. The zero-order valence-electron chi connectivity index (χ0n) is 8.54. The molecule has 2 N–H and O–H groups in total. The maximum atomic E-state index is 11.0. The third-order valence-corrected chi connectivity index (χ3v) is 3.63. The second-order valence-electron chi connectivity index (χ2n) is 4.72. The molecule has 0 spiro atoms. The summed E-state index contributed by atoms with van der Waals surface area (Å²) in [7, 11) is 0. The number of rotatable bonds is 5. The van der Waals surface area contributed by atoms with Gasteiger partial charge in [0.05, 0.1) is 0 Å². The molecule has 2 aliphatic rings. The molecule has 1 atom stereocenters. The van der Waals surface area contributed by atoms with Crippen molar-refractivity contribution in [2.75, 3.05) is 0 Å². The molecular formula is C11H19NO2. The Morgan fingerprint density at radius 3 is 2.29 bits per heavy atom. The van der Waals surface area contributed by atoms with Crippen LogP contribution in [0.1, 0.15) is 44.9 Å². The number of aliphatic carboxylic acids is 1. The number of hydrogen-bond acceptors (Lipinski definition) is 2. The van der Waals surface area contributed by atoms with Gasteiger partial charge in [-0.05, 0) is 25.2 Å². The van der Waals surface area contributed by atoms with E-state index in [-0.39, 0.29) is 6.04 Å². The van der Waals surface area contributed by atoms with Crippen LogP contribution in [0, 0.1) is 5.92 Å². The summed E-state index contributed by atoms with van der Waals surface area (Å²) in [5, 5.41) is 12.3. The summed E-state index contributed by atoms with van der Waals surface area (Å²) in [6, 6.07) is 0.196. The minimum atomic E-state index is -0.663. The predicted octanol–water partition coefficient (Wildman–Crippen LogP) is 1.77. The Morgan fingerprint density at radius 1 is 1.29 bits per heavy atom. The van der Waals surface area contributed by atoms with E-state index in [0.717, 1.165) is 19.3 Å². The van der Waals surface area contributed by atoms with Gasteiger partial charge in [0.2, 0.25) is 0 Å². The molecule has 0 aliphatic heterocycles. The van der Waals surface area contributed by atoms with Gasteiger partial charge in [0, 0.05) is 6.04 Å². The Labute approximate surface area is 84.9 Å². The van der Waals surface area contributed by atoms with Gasteiger partial charge < -0.3 is 10.4 Å². The molecule has 0 aromatic rings. The highest BCUT2D eigenvalue weighted by Gasteiger charge is 2.29. The van der Waals surface area contributed by atoms with Crippen LogP contribution in [0.2, 0.25) is 0 Å². The van der Waals surface area contributed by atoms with Gasteiger partial charge in [-0.15, -0.1) is 0 Å². The van der Waals surface area contributed by atoms with Crippen LogP contribution in [0.3, 0.4) is 0 Å². The van der Waals surface area contributed by atoms with Crippen LogP contribution < -0.4 is 5.32 Å². The van der Waals surface area contributed by atoms with Crippen molar-refractivity contribution in [1.82, 2.24) is 5.32 Å². The lowest BCUT2D eigenvalue weighted by molar-refractivity contribution is -0.140. The standard InChI is InChI=1S/C11H19NO2/c13-11(14)10(7-8-3-1-4-8)12-9-5-2-6-9/h8-10,12H,1-7H2,(H,13,14). The Kier molecular flexibility index (Phi) is 3.06. The van der Waals surface area contributed by atoms with E-state index in [9.17, 15) is 4.79 Å². The quantitative estimate of drug-likeness (QED) is 0.706. The van der Waals surface area contributed by atoms with Crippen LogP contribution in [0.15, 0.2) is 0 Å². The van der Waals surface area contributed by atoms with Crippen molar-refractivity contribution in [1.29, 1.82) is 0 Å². The molecule has 2 aliphatic carbocycles. The number of carboxylic acids is 1. The first kappa shape index (κ1) is 9.97. The van der Waals surface area contributed by atoms with Crippen molar-refractivity contribution in [3.8, 4) is 0 Å². The van der Waals surface area contributed by atoms with E-state index in [2.05, 4.69) is 5.32 Å². The van der Waals surface area contributed by atoms with Gasteiger partial charge in [0.15, 0.2) is 0 Å². The number of nitrogens with one attached hydrogen (secondary N) is 1. The van der Waals surface area contributed by atoms with E-state index in [1.54, 1.807) is 0 Å². The fraction of sp³-hybridized carbons (Fsp3) is 0.909. The van der Waals surface area contributed by atoms with Gasteiger partial charge in [0.25, 0.3) is 0 Å². The highest BCUT2D eigenvalue weighted by molar-refractivity contribution is 5.73. The SMILES string of the molecule is O=C(O)C(CC1CCC1)NC1CCC1. The molecule has 0 radical (unpaired) electrons. The molecule has 2 saturated carbocycles. The Hall–Kier alpha value is -0.570. The minimum Gasteiger partial charge on any atom is -0.480 e. The molecular weight excluding hydrogens is 178 g/mol. The second-order valence-corrected chi connectivity index (χ2v) is 4.72. The number of carbonyl (C=O) groups is 1. The van der Waals surface area contributed by atoms with Crippen molar-refractivity contribution in [2.24, 2.45) is 5.92 Å². The molecule has 0 bridgehead atoms. The van der Waals surface area contributed by atoms with Crippen LogP contribution in [-0.4, -0.2) is 23.2 Å². The van der Waals surface area contributed by atoms with Crippen LogP contribution >= 0.6 is 0 Å². The molecule has 80 valence electrons. The summed E-state index contributed by atoms with van der Waals surface area (Å²) in [6.45, 7) is 0. The van der Waals surface area contributed by atoms with E-state index >= 15 is 0 Å². The first-order valence-electron chi connectivity index (χ1n) is 5.74. The monoisotopic (exact) mass is 197 g/mol. The molecule has 2 rings (SSSR count). The maximum absolute atomic E-state index is 11.0. The summed E-state index contributed by atoms with van der Waals surface area (Å²) in [5.74, 6) is 0.00692. The number of carboxylic acid groups (broad SMARTS) is 1. The zero-order valence-corrected chi connectivity index (χ0v) is 8.54. The lowest BCUT2D eigenvalue weighted by atomic mass is 9.80. The molecule has 0 aromatic carbocycles. The minimum absolute atomic E-state index is 0.286. The lowest BCUT2D eigenvalue weighted by Crippen LogP contribution is -2.47. The Balaban J connectivity index is 1.76. The van der Waals surface area contributed by atoms with Crippen molar-refractivity contribution in [3.63, 3.8) is 0 Å². The smallest absolute Gasteiger partial charge is 0.320 e. The number of hydrogen-bond donors (Lipinski definition) is 2. The van der Waals surface area contributed by atoms with Crippen molar-refractivity contribution in [2.45, 2.75) is 57.0 Å². The summed E-state index contributed by atoms with van der Waals surface area (Å²) in [6.07, 6.45) is 8.18. The van der Waals surface area contributed by atoms with Gasteiger partial charge in [-0.1, -0.05) is 25.7 Å². The molecule has 3 heteroatoms. The summed E-state index contributed by atoms with van der Waals surface area (Å²) < 4.78 is 0. The largest absolute Gasteiger partial charge is 0.480 e. The van der Waals surface area contributed by atoms with Crippen LogP contribution in [0.5, 0.6) is 0 Å². The van der Waals surface area contributed by atoms with Crippen molar-refractivity contribution < 1.29 is 9.90 Å². The second kappa shape index (κ2) is 4.30. The molecule has 3 nitrogen and oxygen atoms in total. The van der Waals surface area contributed by atoms with Crippen molar-refractivity contribution in [3.05, 3.63) is 0 Å². The maximum Gasteiger partial charge on any atom is 0.320 e. The lowest BCUT2D eigenvalue weighted by Gasteiger charge is -2.33. The van der Waals surface area contributed by atoms with E-state index in [4.69, 9.17) is 5.11 Å². The summed E-state index contributed by atoms with van der Waals surface area (Å²) >= 11 is 0. The predicted molar refractivity (Wildman–Crippen MR) is 54.2 cm³/mol. The molecule has 0 saturated heterocycles. The molecule has 0 amide bonds. The molecule has 14 heavy (non-hydrogen) atoms. The Bertz CT molecular complexity index is 193. The van der Waals surface area contributed by atoms with E-state index in [1.807, 2.05) is 0 Å². The molecule has 0 heterocycles. The van der Waals surface area contributed by atoms with Crippen molar-refractivity contribution >= 4 is 5.97 Å². The van der Waals surface area contributed by atoms with Gasteiger partial charge in [-0.3, -0.25) is 4.79 Å². The highest BCUT2D eigenvalue weighted by atomic mass is 16.4. The first-order valence-corrected chi connectivity index (χ1v) is 5.74. The summed E-state index contributed by atoms with van der Waals surface area (Å²) in [4.78, 5) is 11.0. The van der Waals surface area contributed by atoms with E-state index in [0.29, 0.717) is 12.0 Å². The van der Waals surface area contributed by atoms with E-state index < -0.39 is 5.97 Å². The molecule has 0 aromatic heterocycles. The van der Waals surface area contributed by atoms with Gasteiger partial charge in [0.1, 0.15) is 6.04 Å². The average Bonchev–Trinajstić information content (AvgIpc) is 1.97. The van der Waals surface area contributed by atoms with Gasteiger partial charge >= 0.3 is 5.97 Å². The van der Waals surface area contributed by atoms with Gasteiger partial charge in [-0.25, -0.2) is 0 Å². The third-order valence-electron chi connectivity index (χ3n) is 3.63. The van der Waals surface area contributed by atoms with Gasteiger partial charge in [-0.2, -0.15) is 0 Å². The van der Waals surface area contributed by atoms with E-state index in [1.165, 1.54) is 25.7 Å². The normalized spacial score (nSPS) is 25.1. The van der Waals surface area contributed by atoms with Crippen LogP contribution in [0.4, 0.5) is 0 Å². The molecule has 1 unspecified atom stereocenters. The first-order chi connectivity index (χ1) is 6.75. The average molecular weight is 197 g/mol. The fourth-order valence-corrected chi connectivity index (χ4v) is 2.16. The fourth-order valence-electron chi connectivity index (χ4n) is 2.16. The zero-order chi connectivity index (χ0) is 9.97. The third kappa shape index (κ3) is 2.27.